The molecule has 3 rings (SSSR count). The molecule has 0 aromatic heterocycles. The Balaban J connectivity index is 1.48. The molecule has 10 nitrogen and oxygen atoms in total. The van der Waals surface area contributed by atoms with Gasteiger partial charge in [0.25, 0.3) is 11.6 Å². The minimum atomic E-state index is -0.459. The van der Waals surface area contributed by atoms with Crippen LogP contribution in [0.2, 0.25) is 0 Å². The Hall–Kier alpha value is -3.95. The molecule has 174 valence electrons. The van der Waals surface area contributed by atoms with Gasteiger partial charge in [-0.25, -0.2) is 0 Å². The Kier molecular flexibility index (Phi) is 7.96. The van der Waals surface area contributed by atoms with E-state index in [1.165, 1.54) is 12.1 Å². The number of benzene rings is 2. The number of hydrogen-bond acceptors (Lipinski definition) is 6. The highest BCUT2D eigenvalue weighted by Gasteiger charge is 2.27. The number of hydrogen-bond donors (Lipinski definition) is 3. The molecule has 10 heteroatoms. The molecule has 0 atom stereocenters. The van der Waals surface area contributed by atoms with Crippen LogP contribution in [0.3, 0.4) is 0 Å². The van der Waals surface area contributed by atoms with E-state index in [0.717, 1.165) is 5.69 Å². The van der Waals surface area contributed by atoms with Crippen LogP contribution in [0.4, 0.5) is 17.1 Å². The van der Waals surface area contributed by atoms with Gasteiger partial charge in [0.1, 0.15) is 0 Å². The van der Waals surface area contributed by atoms with Gasteiger partial charge in [0.05, 0.1) is 16.2 Å². The van der Waals surface area contributed by atoms with E-state index < -0.39 is 4.92 Å². The van der Waals surface area contributed by atoms with E-state index in [9.17, 15) is 24.5 Å². The van der Waals surface area contributed by atoms with Crippen molar-refractivity contribution >= 4 is 34.8 Å². The SMILES string of the molecule is NC(=O)C1CCN(C(=O)c2ccccc2NC(=O)CCCNc2ccc([N+](=O)[O-])cc2)CC1. The summed E-state index contributed by atoms with van der Waals surface area (Å²) < 4.78 is 0. The minimum Gasteiger partial charge on any atom is -0.385 e. The monoisotopic (exact) mass is 453 g/mol. The van der Waals surface area contributed by atoms with Gasteiger partial charge in [-0.05, 0) is 43.5 Å². The molecule has 0 bridgehead atoms. The fourth-order valence-electron chi connectivity index (χ4n) is 3.71. The number of carbonyl (C=O) groups excluding carboxylic acids is 3. The highest BCUT2D eigenvalue weighted by Crippen LogP contribution is 2.23. The largest absolute Gasteiger partial charge is 0.385 e. The lowest BCUT2D eigenvalue weighted by atomic mass is 9.95. The Bertz CT molecular complexity index is 1020. The van der Waals surface area contributed by atoms with E-state index in [1.807, 2.05) is 0 Å². The molecule has 1 aliphatic heterocycles. The van der Waals surface area contributed by atoms with Crippen LogP contribution in [0.15, 0.2) is 48.5 Å². The topological polar surface area (TPSA) is 148 Å². The van der Waals surface area contributed by atoms with E-state index in [-0.39, 0.29) is 35.7 Å². The first-order chi connectivity index (χ1) is 15.8. The molecule has 2 aromatic carbocycles. The molecule has 1 heterocycles. The average Bonchev–Trinajstić information content (AvgIpc) is 2.82. The second-order valence-electron chi connectivity index (χ2n) is 7.90. The average molecular weight is 453 g/mol. The van der Waals surface area contributed by atoms with E-state index in [0.29, 0.717) is 50.1 Å². The first-order valence-corrected chi connectivity index (χ1v) is 10.8. The van der Waals surface area contributed by atoms with E-state index in [1.54, 1.807) is 41.3 Å². The molecule has 1 fully saturated rings. The van der Waals surface area contributed by atoms with Gasteiger partial charge in [-0.15, -0.1) is 0 Å². The lowest BCUT2D eigenvalue weighted by Gasteiger charge is -2.31. The number of nitrogens with zero attached hydrogens (tertiary/aromatic N) is 2. The first-order valence-electron chi connectivity index (χ1n) is 10.8. The lowest BCUT2D eigenvalue weighted by molar-refractivity contribution is -0.384. The third kappa shape index (κ3) is 6.52. The maximum atomic E-state index is 13.0. The van der Waals surface area contributed by atoms with E-state index >= 15 is 0 Å². The number of nitrogens with one attached hydrogen (secondary N) is 2. The number of nitrogens with two attached hydrogens (primary N) is 1. The highest BCUT2D eigenvalue weighted by atomic mass is 16.6. The van der Waals surface area contributed by atoms with E-state index in [2.05, 4.69) is 10.6 Å². The molecule has 33 heavy (non-hydrogen) atoms. The number of nitro benzene ring substituents is 1. The third-order valence-corrected chi connectivity index (χ3v) is 5.60. The second-order valence-corrected chi connectivity index (χ2v) is 7.90. The number of piperidine rings is 1. The summed E-state index contributed by atoms with van der Waals surface area (Å²) in [7, 11) is 0. The van der Waals surface area contributed by atoms with E-state index in [4.69, 9.17) is 5.73 Å². The first kappa shape index (κ1) is 23.7. The molecule has 4 N–H and O–H groups in total. The number of amides is 3. The predicted molar refractivity (Wildman–Crippen MR) is 124 cm³/mol. The molecule has 0 spiro atoms. The van der Waals surface area contributed by atoms with Crippen molar-refractivity contribution in [2.75, 3.05) is 30.3 Å². The van der Waals surface area contributed by atoms with Crippen LogP contribution in [0.1, 0.15) is 36.0 Å². The lowest BCUT2D eigenvalue weighted by Crippen LogP contribution is -2.42. The van der Waals surface area contributed by atoms with Gasteiger partial charge in [0.2, 0.25) is 11.8 Å². The number of nitro groups is 1. The van der Waals surface area contributed by atoms with Crippen molar-refractivity contribution in [2.45, 2.75) is 25.7 Å². The quantitative estimate of drug-likeness (QED) is 0.302. The van der Waals surface area contributed by atoms with Crippen LogP contribution in [0.25, 0.3) is 0 Å². The molecule has 0 aliphatic carbocycles. The predicted octanol–water partition coefficient (Wildman–Crippen LogP) is 2.76. The van der Waals surface area contributed by atoms with Crippen molar-refractivity contribution in [2.24, 2.45) is 11.7 Å². The van der Waals surface area contributed by atoms with Crippen molar-refractivity contribution in [1.29, 1.82) is 0 Å². The normalized spacial score (nSPS) is 13.9. The Labute approximate surface area is 191 Å². The molecule has 1 saturated heterocycles. The summed E-state index contributed by atoms with van der Waals surface area (Å²) in [5, 5.41) is 16.6. The third-order valence-electron chi connectivity index (χ3n) is 5.60. The summed E-state index contributed by atoms with van der Waals surface area (Å²) in [6.07, 6.45) is 1.86. The number of carbonyl (C=O) groups is 3. The fraction of sp³-hybridized carbons (Fsp3) is 0.348. The zero-order valence-corrected chi connectivity index (χ0v) is 18.2. The van der Waals surface area contributed by atoms with Gasteiger partial charge in [0.15, 0.2) is 0 Å². The Morgan fingerprint density at radius 2 is 1.73 bits per heavy atom. The molecular weight excluding hydrogens is 426 g/mol. The van der Waals surface area contributed by atoms with Crippen LogP contribution in [0.5, 0.6) is 0 Å². The molecule has 3 amide bonds. The van der Waals surface area contributed by atoms with Crippen LogP contribution >= 0.6 is 0 Å². The van der Waals surface area contributed by atoms with Gasteiger partial charge in [0, 0.05) is 49.8 Å². The molecule has 1 aliphatic rings. The second kappa shape index (κ2) is 11.1. The van der Waals surface area contributed by atoms with Crippen LogP contribution in [-0.4, -0.2) is 47.2 Å². The molecule has 0 saturated carbocycles. The number of likely N-dealkylation sites (tertiary alicyclic amines) is 1. The maximum Gasteiger partial charge on any atom is 0.269 e. The van der Waals surface area contributed by atoms with Crippen LogP contribution in [0, 0.1) is 16.0 Å². The number of anilines is 2. The molecule has 0 radical (unpaired) electrons. The Morgan fingerprint density at radius 3 is 2.36 bits per heavy atom. The smallest absolute Gasteiger partial charge is 0.269 e. The highest BCUT2D eigenvalue weighted by molar-refractivity contribution is 6.03. The zero-order chi connectivity index (χ0) is 23.8. The van der Waals surface area contributed by atoms with Gasteiger partial charge in [-0.2, -0.15) is 0 Å². The van der Waals surface area contributed by atoms with Crippen molar-refractivity contribution in [3.05, 3.63) is 64.2 Å². The fourth-order valence-corrected chi connectivity index (χ4v) is 3.71. The van der Waals surface area contributed by atoms with Gasteiger partial charge >= 0.3 is 0 Å². The standard InChI is InChI=1S/C23H27N5O5/c24-22(30)16-11-14-27(15-12-16)23(31)19-4-1-2-5-20(19)26-21(29)6-3-13-25-17-7-9-18(10-8-17)28(32)33/h1-2,4-5,7-10,16,25H,3,6,11-15H2,(H2,24,30)(H,26,29). The van der Waals surface area contributed by atoms with Crippen LogP contribution in [-0.2, 0) is 9.59 Å². The van der Waals surface area contributed by atoms with Gasteiger partial charge < -0.3 is 21.3 Å². The minimum absolute atomic E-state index is 0.0189. The van der Waals surface area contributed by atoms with Gasteiger partial charge in [-0.3, -0.25) is 24.5 Å². The number of para-hydroxylation sites is 1. The molecule has 0 unspecified atom stereocenters. The van der Waals surface area contributed by atoms with Gasteiger partial charge in [-0.1, -0.05) is 12.1 Å². The summed E-state index contributed by atoms with van der Waals surface area (Å²) in [6.45, 7) is 1.41. The number of primary amides is 1. The maximum absolute atomic E-state index is 13.0. The summed E-state index contributed by atoms with van der Waals surface area (Å²) in [4.78, 5) is 48.6. The van der Waals surface area contributed by atoms with Crippen molar-refractivity contribution < 1.29 is 19.3 Å². The Morgan fingerprint density at radius 1 is 1.06 bits per heavy atom. The summed E-state index contributed by atoms with van der Waals surface area (Å²) >= 11 is 0. The van der Waals surface area contributed by atoms with Crippen molar-refractivity contribution in [1.82, 2.24) is 4.90 Å². The number of rotatable bonds is 9. The summed E-state index contributed by atoms with van der Waals surface area (Å²) in [6, 6.07) is 12.9. The molecular formula is C23H27N5O5. The summed E-state index contributed by atoms with van der Waals surface area (Å²) in [5.41, 5.74) is 6.97. The summed E-state index contributed by atoms with van der Waals surface area (Å²) in [5.74, 6) is -0.941. The van der Waals surface area contributed by atoms with Crippen LogP contribution < -0.4 is 16.4 Å². The molecule has 2 aromatic rings. The van der Waals surface area contributed by atoms with Crippen molar-refractivity contribution in [3.63, 3.8) is 0 Å². The zero-order valence-electron chi connectivity index (χ0n) is 18.2. The van der Waals surface area contributed by atoms with Crippen molar-refractivity contribution in [3.8, 4) is 0 Å². The number of non-ortho nitro benzene ring substituents is 1.